The van der Waals surface area contributed by atoms with Crippen molar-refractivity contribution >= 4 is 49.2 Å². The lowest BCUT2D eigenvalue weighted by Crippen LogP contribution is -2.26. The van der Waals surface area contributed by atoms with E-state index in [0.717, 1.165) is 48.3 Å². The smallest absolute Gasteiger partial charge is 0.181 e. The number of nitrogen functional groups attached to an aromatic ring is 2. The number of nitrogens with zero attached hydrogens (tertiary/aromatic N) is 3. The number of nitrogens with two attached hydrogens (primary N) is 2. The van der Waals surface area contributed by atoms with Crippen molar-refractivity contribution in [2.45, 2.75) is 12.8 Å². The summed E-state index contributed by atoms with van der Waals surface area (Å²) in [6.07, 6.45) is 6.41. The van der Waals surface area contributed by atoms with Gasteiger partial charge in [-0.1, -0.05) is 29.6 Å². The van der Waals surface area contributed by atoms with Crippen LogP contribution in [-0.4, -0.2) is 34.5 Å². The summed E-state index contributed by atoms with van der Waals surface area (Å²) >= 11 is 3.16. The van der Waals surface area contributed by atoms with Gasteiger partial charge in [-0.25, -0.2) is 9.97 Å². The summed E-state index contributed by atoms with van der Waals surface area (Å²) in [7, 11) is 0. The fourth-order valence-corrected chi connectivity index (χ4v) is 4.60. The van der Waals surface area contributed by atoms with Crippen LogP contribution in [0.25, 0.3) is 16.3 Å². The molecule has 4 N–H and O–H groups in total. The minimum atomic E-state index is 0.623. The van der Waals surface area contributed by atoms with Crippen molar-refractivity contribution in [2.24, 2.45) is 0 Å². The molecule has 0 unspecified atom stereocenters. The first-order valence-corrected chi connectivity index (χ1v) is 9.60. The van der Waals surface area contributed by atoms with E-state index in [1.54, 1.807) is 11.3 Å². The van der Waals surface area contributed by atoms with Crippen molar-refractivity contribution < 1.29 is 0 Å². The normalized spacial score (nSPS) is 15.8. The van der Waals surface area contributed by atoms with Crippen molar-refractivity contribution in [3.63, 3.8) is 0 Å². The van der Waals surface area contributed by atoms with Crippen molar-refractivity contribution in [3.8, 4) is 0 Å². The Morgan fingerprint density at radius 3 is 2.83 bits per heavy atom. The van der Waals surface area contributed by atoms with Crippen LogP contribution in [0.2, 0.25) is 0 Å². The highest BCUT2D eigenvalue weighted by atomic mass is 32.1. The second kappa shape index (κ2) is 6.51. The van der Waals surface area contributed by atoms with Crippen molar-refractivity contribution in [3.05, 3.63) is 40.4 Å². The van der Waals surface area contributed by atoms with E-state index in [1.807, 2.05) is 0 Å². The van der Waals surface area contributed by atoms with Crippen LogP contribution in [0, 0.1) is 0 Å². The van der Waals surface area contributed by atoms with E-state index < -0.39 is 0 Å². The second-order valence-corrected chi connectivity index (χ2v) is 8.08. The first kappa shape index (κ1) is 15.6. The summed E-state index contributed by atoms with van der Waals surface area (Å²) in [5.41, 5.74) is 14.9. The predicted molar refractivity (Wildman–Crippen MR) is 103 cm³/mol. The Morgan fingerprint density at radius 2 is 1.92 bits per heavy atom. The van der Waals surface area contributed by atoms with E-state index in [-0.39, 0.29) is 0 Å². The molecule has 1 aliphatic rings. The van der Waals surface area contributed by atoms with Gasteiger partial charge in [-0.2, -0.15) is 0 Å². The molecule has 0 aliphatic carbocycles. The zero-order valence-electron chi connectivity index (χ0n) is 13.2. The fourth-order valence-electron chi connectivity index (χ4n) is 3.02. The lowest BCUT2D eigenvalue weighted by Gasteiger charge is -2.17. The minimum Gasteiger partial charge on any atom is -0.375 e. The first-order chi connectivity index (χ1) is 11.7. The molecule has 0 bridgehead atoms. The van der Waals surface area contributed by atoms with Gasteiger partial charge in [0.25, 0.3) is 0 Å². The van der Waals surface area contributed by atoms with Crippen LogP contribution in [0.3, 0.4) is 0 Å². The van der Waals surface area contributed by atoms with Crippen LogP contribution in [0.1, 0.15) is 16.1 Å². The standard InChI is InChI=1S/C17H19N5S2/c18-16-20-12-5-8-22(9-6-15(12)24-16)7-1-2-11-3-4-14-13(10-11)21-17(19)23-14/h1-4,10H,5-9H2,(H2,18,20)(H2,19,21)/b2-1+. The average molecular weight is 358 g/mol. The Kier molecular flexibility index (Phi) is 4.22. The summed E-state index contributed by atoms with van der Waals surface area (Å²) in [6, 6.07) is 6.29. The average Bonchev–Trinajstić information content (AvgIpc) is 3.04. The highest BCUT2D eigenvalue weighted by Crippen LogP contribution is 2.25. The molecule has 0 saturated carbocycles. The molecular weight excluding hydrogens is 338 g/mol. The van der Waals surface area contributed by atoms with Gasteiger partial charge in [-0.15, -0.1) is 11.3 Å². The maximum absolute atomic E-state index is 5.80. The summed E-state index contributed by atoms with van der Waals surface area (Å²) < 4.78 is 1.13. The van der Waals surface area contributed by atoms with Crippen LogP contribution in [-0.2, 0) is 12.8 Å². The van der Waals surface area contributed by atoms with Gasteiger partial charge >= 0.3 is 0 Å². The van der Waals surface area contributed by atoms with E-state index >= 15 is 0 Å². The lowest BCUT2D eigenvalue weighted by atomic mass is 10.2. The zero-order chi connectivity index (χ0) is 16.5. The third kappa shape index (κ3) is 3.28. The van der Waals surface area contributed by atoms with Crippen LogP contribution in [0.4, 0.5) is 10.3 Å². The molecule has 0 fully saturated rings. The Morgan fingerprint density at radius 1 is 1.08 bits per heavy atom. The Labute approximate surface area is 148 Å². The number of thiazole rings is 2. The Bertz CT molecular complexity index is 870. The monoisotopic (exact) mass is 357 g/mol. The zero-order valence-corrected chi connectivity index (χ0v) is 14.9. The predicted octanol–water partition coefficient (Wildman–Crippen LogP) is 3.03. The molecule has 3 heterocycles. The SMILES string of the molecule is Nc1nc2c(s1)CCN(C/C=C/c1ccc3sc(N)nc3c1)CC2. The van der Waals surface area contributed by atoms with Crippen molar-refractivity contribution in [1.29, 1.82) is 0 Å². The minimum absolute atomic E-state index is 0.623. The van der Waals surface area contributed by atoms with Crippen LogP contribution < -0.4 is 11.5 Å². The number of hydrogen-bond donors (Lipinski definition) is 2. The van der Waals surface area contributed by atoms with Gasteiger partial charge in [0.05, 0.1) is 15.9 Å². The molecule has 2 aromatic heterocycles. The number of fused-ring (bicyclic) bond motifs is 2. The molecule has 0 spiro atoms. The van der Waals surface area contributed by atoms with Crippen LogP contribution in [0.15, 0.2) is 24.3 Å². The summed E-state index contributed by atoms with van der Waals surface area (Å²) in [5.74, 6) is 0. The molecule has 1 aromatic carbocycles. The molecule has 4 rings (SSSR count). The van der Waals surface area contributed by atoms with Gasteiger partial charge in [0.1, 0.15) is 0 Å². The molecule has 3 aromatic rings. The fraction of sp³-hybridized carbons (Fsp3) is 0.294. The van der Waals surface area contributed by atoms with Gasteiger partial charge < -0.3 is 11.5 Å². The molecule has 0 amide bonds. The molecular formula is C17H19N5S2. The highest BCUT2D eigenvalue weighted by molar-refractivity contribution is 7.22. The third-order valence-corrected chi connectivity index (χ3v) is 6.07. The van der Waals surface area contributed by atoms with E-state index in [1.165, 1.54) is 21.9 Å². The van der Waals surface area contributed by atoms with E-state index in [4.69, 9.17) is 11.5 Å². The van der Waals surface area contributed by atoms with Gasteiger partial charge in [0.2, 0.25) is 0 Å². The molecule has 1 aliphatic heterocycles. The summed E-state index contributed by atoms with van der Waals surface area (Å²) in [6.45, 7) is 3.03. The largest absolute Gasteiger partial charge is 0.375 e. The number of benzene rings is 1. The number of hydrogen-bond acceptors (Lipinski definition) is 7. The molecule has 0 saturated heterocycles. The molecule has 124 valence electrons. The van der Waals surface area contributed by atoms with Gasteiger partial charge in [0.15, 0.2) is 10.3 Å². The van der Waals surface area contributed by atoms with Crippen molar-refractivity contribution in [1.82, 2.24) is 14.9 Å². The highest BCUT2D eigenvalue weighted by Gasteiger charge is 2.16. The Balaban J connectivity index is 1.39. The van der Waals surface area contributed by atoms with E-state index in [9.17, 15) is 0 Å². The molecule has 5 nitrogen and oxygen atoms in total. The van der Waals surface area contributed by atoms with Gasteiger partial charge in [0, 0.05) is 30.9 Å². The first-order valence-electron chi connectivity index (χ1n) is 7.96. The Hall–Kier alpha value is -1.96. The summed E-state index contributed by atoms with van der Waals surface area (Å²) in [4.78, 5) is 12.6. The maximum atomic E-state index is 5.80. The topological polar surface area (TPSA) is 81.1 Å². The maximum Gasteiger partial charge on any atom is 0.181 e. The van der Waals surface area contributed by atoms with Gasteiger partial charge in [-0.05, 0) is 24.1 Å². The van der Waals surface area contributed by atoms with E-state index in [2.05, 4.69) is 45.2 Å². The lowest BCUT2D eigenvalue weighted by molar-refractivity contribution is 0.318. The third-order valence-electron chi connectivity index (χ3n) is 4.22. The molecule has 0 atom stereocenters. The van der Waals surface area contributed by atoms with Crippen LogP contribution in [0.5, 0.6) is 0 Å². The molecule has 0 radical (unpaired) electrons. The van der Waals surface area contributed by atoms with Crippen molar-refractivity contribution in [2.75, 3.05) is 31.1 Å². The number of aromatic nitrogens is 2. The number of rotatable bonds is 3. The quantitative estimate of drug-likeness (QED) is 0.753. The van der Waals surface area contributed by atoms with E-state index in [0.29, 0.717) is 10.3 Å². The number of anilines is 2. The van der Waals surface area contributed by atoms with Crippen LogP contribution >= 0.6 is 22.7 Å². The summed E-state index contributed by atoms with van der Waals surface area (Å²) in [5, 5.41) is 1.32. The van der Waals surface area contributed by atoms with Gasteiger partial charge in [-0.3, -0.25) is 4.90 Å². The molecule has 24 heavy (non-hydrogen) atoms. The second-order valence-electron chi connectivity index (χ2n) is 5.90. The molecule has 7 heteroatoms.